The summed E-state index contributed by atoms with van der Waals surface area (Å²) in [6.45, 7) is 0. The lowest BCUT2D eigenvalue weighted by Crippen LogP contribution is -2.49. The van der Waals surface area contributed by atoms with Crippen LogP contribution >= 0.6 is 11.8 Å². The van der Waals surface area contributed by atoms with Crippen molar-refractivity contribution in [3.63, 3.8) is 0 Å². The summed E-state index contributed by atoms with van der Waals surface area (Å²) in [5, 5.41) is 14.5. The Morgan fingerprint density at radius 3 is 2.42 bits per heavy atom. The molecule has 1 atom stereocenters. The Balaban J connectivity index is 2.36. The maximum atomic E-state index is 11.8. The van der Waals surface area contributed by atoms with Crippen LogP contribution in [0.15, 0.2) is 0 Å². The fourth-order valence-corrected chi connectivity index (χ4v) is 2.77. The van der Waals surface area contributed by atoms with Crippen LogP contribution in [0, 0.1) is 0 Å². The molecule has 0 unspecified atom stereocenters. The highest BCUT2D eigenvalue weighted by molar-refractivity contribution is 7.98. The van der Waals surface area contributed by atoms with Crippen LogP contribution in [0.1, 0.15) is 44.9 Å². The molecule has 1 saturated carbocycles. The lowest BCUT2D eigenvalue weighted by molar-refractivity contribution is -0.139. The molecule has 19 heavy (non-hydrogen) atoms. The van der Waals surface area contributed by atoms with Gasteiger partial charge in [0.05, 0.1) is 0 Å². The molecule has 0 spiro atoms. The van der Waals surface area contributed by atoms with Gasteiger partial charge in [0, 0.05) is 6.04 Å². The van der Waals surface area contributed by atoms with Crippen molar-refractivity contribution in [2.45, 2.75) is 57.0 Å². The first-order chi connectivity index (χ1) is 9.13. The fraction of sp³-hybridized carbons (Fsp3) is 0.846. The molecule has 2 amide bonds. The normalized spacial score (nSPS) is 18.4. The van der Waals surface area contributed by atoms with E-state index in [-0.39, 0.29) is 12.1 Å². The second kappa shape index (κ2) is 9.07. The van der Waals surface area contributed by atoms with Crippen LogP contribution in [0.4, 0.5) is 4.79 Å². The number of amides is 2. The minimum Gasteiger partial charge on any atom is -0.480 e. The number of carboxylic acid groups (broad SMARTS) is 1. The number of urea groups is 1. The number of hydrogen-bond donors (Lipinski definition) is 3. The lowest BCUT2D eigenvalue weighted by Gasteiger charge is -2.19. The van der Waals surface area contributed by atoms with E-state index in [1.54, 1.807) is 11.8 Å². The molecule has 1 aliphatic rings. The summed E-state index contributed by atoms with van der Waals surface area (Å²) in [6, 6.07) is -0.948. The van der Waals surface area contributed by atoms with Crippen molar-refractivity contribution < 1.29 is 14.7 Å². The van der Waals surface area contributed by atoms with Gasteiger partial charge in [-0.2, -0.15) is 11.8 Å². The zero-order valence-electron chi connectivity index (χ0n) is 11.5. The van der Waals surface area contributed by atoms with Crippen LogP contribution in [-0.2, 0) is 4.79 Å². The molecule has 1 fully saturated rings. The maximum Gasteiger partial charge on any atom is 0.326 e. The van der Waals surface area contributed by atoms with Gasteiger partial charge in [0.15, 0.2) is 0 Å². The molecule has 110 valence electrons. The fourth-order valence-electron chi connectivity index (χ4n) is 2.30. The number of nitrogens with one attached hydrogen (secondary N) is 2. The molecular weight excluding hydrogens is 264 g/mol. The standard InChI is InChI=1S/C13H24N2O3S/c1-19-9-8-11(12(16)17)15-13(18)14-10-6-4-2-3-5-7-10/h10-11H,2-9H2,1H3,(H,16,17)(H2,14,15,18)/t11-/m1/s1. The van der Waals surface area contributed by atoms with E-state index in [2.05, 4.69) is 10.6 Å². The molecular formula is C13H24N2O3S. The van der Waals surface area contributed by atoms with Crippen LogP contribution in [0.2, 0.25) is 0 Å². The predicted molar refractivity (Wildman–Crippen MR) is 77.6 cm³/mol. The highest BCUT2D eigenvalue weighted by atomic mass is 32.2. The van der Waals surface area contributed by atoms with Crippen molar-refractivity contribution in [2.75, 3.05) is 12.0 Å². The van der Waals surface area contributed by atoms with E-state index < -0.39 is 12.0 Å². The molecule has 1 rings (SSSR count). The Hall–Kier alpha value is -0.910. The Labute approximate surface area is 118 Å². The quantitative estimate of drug-likeness (QED) is 0.655. The molecule has 6 heteroatoms. The van der Waals surface area contributed by atoms with Gasteiger partial charge in [0.25, 0.3) is 0 Å². The Kier molecular flexibility index (Phi) is 7.70. The maximum absolute atomic E-state index is 11.8. The molecule has 0 aliphatic heterocycles. The van der Waals surface area contributed by atoms with E-state index in [0.29, 0.717) is 6.42 Å². The van der Waals surface area contributed by atoms with Crippen LogP contribution in [0.3, 0.4) is 0 Å². The Bertz CT molecular complexity index is 292. The first-order valence-electron chi connectivity index (χ1n) is 6.92. The summed E-state index contributed by atoms with van der Waals surface area (Å²) in [4.78, 5) is 22.8. The van der Waals surface area contributed by atoms with E-state index in [1.807, 2.05) is 6.26 Å². The average Bonchev–Trinajstić information content (AvgIpc) is 2.62. The van der Waals surface area contributed by atoms with Gasteiger partial charge >= 0.3 is 12.0 Å². The molecule has 0 saturated heterocycles. The monoisotopic (exact) mass is 288 g/mol. The van der Waals surface area contributed by atoms with Crippen molar-refractivity contribution in [2.24, 2.45) is 0 Å². The predicted octanol–water partition coefficient (Wildman–Crippen LogP) is 2.21. The van der Waals surface area contributed by atoms with Crippen LogP contribution in [0.5, 0.6) is 0 Å². The van der Waals surface area contributed by atoms with Gasteiger partial charge in [0.1, 0.15) is 6.04 Å². The summed E-state index contributed by atoms with van der Waals surface area (Å²) in [5.74, 6) is -0.245. The number of hydrogen-bond acceptors (Lipinski definition) is 3. The summed E-state index contributed by atoms with van der Waals surface area (Å²) >= 11 is 1.58. The van der Waals surface area contributed by atoms with Crippen molar-refractivity contribution in [1.82, 2.24) is 10.6 Å². The third kappa shape index (κ3) is 6.71. The summed E-state index contributed by atoms with van der Waals surface area (Å²) < 4.78 is 0. The number of aliphatic carboxylic acids is 1. The van der Waals surface area contributed by atoms with Crippen LogP contribution < -0.4 is 10.6 Å². The molecule has 0 heterocycles. The number of carbonyl (C=O) groups excluding carboxylic acids is 1. The number of thioether (sulfide) groups is 1. The lowest BCUT2D eigenvalue weighted by atomic mass is 10.1. The highest BCUT2D eigenvalue weighted by Crippen LogP contribution is 2.17. The Morgan fingerprint density at radius 2 is 1.89 bits per heavy atom. The van der Waals surface area contributed by atoms with Crippen LogP contribution in [0.25, 0.3) is 0 Å². The van der Waals surface area contributed by atoms with Gasteiger partial charge in [-0.05, 0) is 31.3 Å². The third-order valence-electron chi connectivity index (χ3n) is 3.40. The van der Waals surface area contributed by atoms with Crippen molar-refractivity contribution >= 4 is 23.8 Å². The summed E-state index contributed by atoms with van der Waals surface area (Å²) in [7, 11) is 0. The zero-order valence-corrected chi connectivity index (χ0v) is 12.3. The molecule has 5 nitrogen and oxygen atoms in total. The van der Waals surface area contributed by atoms with Crippen molar-refractivity contribution in [3.8, 4) is 0 Å². The molecule has 0 aromatic rings. The van der Waals surface area contributed by atoms with Crippen LogP contribution in [-0.4, -0.2) is 41.2 Å². The average molecular weight is 288 g/mol. The number of carbonyl (C=O) groups is 2. The Morgan fingerprint density at radius 1 is 1.26 bits per heavy atom. The van der Waals surface area contributed by atoms with Gasteiger partial charge < -0.3 is 15.7 Å². The molecule has 1 aliphatic carbocycles. The second-order valence-corrected chi connectivity index (χ2v) is 5.96. The topological polar surface area (TPSA) is 78.4 Å². The molecule has 0 aromatic heterocycles. The first-order valence-corrected chi connectivity index (χ1v) is 8.31. The van der Waals surface area contributed by atoms with E-state index in [4.69, 9.17) is 5.11 Å². The van der Waals surface area contributed by atoms with E-state index in [0.717, 1.165) is 31.4 Å². The van der Waals surface area contributed by atoms with Gasteiger partial charge in [-0.25, -0.2) is 9.59 Å². The van der Waals surface area contributed by atoms with E-state index in [9.17, 15) is 9.59 Å². The van der Waals surface area contributed by atoms with Gasteiger partial charge in [-0.15, -0.1) is 0 Å². The van der Waals surface area contributed by atoms with Gasteiger partial charge in [-0.3, -0.25) is 0 Å². The second-order valence-electron chi connectivity index (χ2n) is 4.98. The SMILES string of the molecule is CSCC[C@@H](NC(=O)NC1CCCCCC1)C(=O)O. The minimum absolute atomic E-state index is 0.192. The minimum atomic E-state index is -0.968. The smallest absolute Gasteiger partial charge is 0.326 e. The molecule has 3 N–H and O–H groups in total. The van der Waals surface area contributed by atoms with E-state index in [1.165, 1.54) is 12.8 Å². The number of rotatable bonds is 6. The number of carboxylic acids is 1. The van der Waals surface area contributed by atoms with Gasteiger partial charge in [-0.1, -0.05) is 25.7 Å². The highest BCUT2D eigenvalue weighted by Gasteiger charge is 2.21. The molecule has 0 radical (unpaired) electrons. The van der Waals surface area contributed by atoms with E-state index >= 15 is 0 Å². The zero-order chi connectivity index (χ0) is 14.1. The largest absolute Gasteiger partial charge is 0.480 e. The molecule has 0 bridgehead atoms. The van der Waals surface area contributed by atoms with Crippen molar-refractivity contribution in [3.05, 3.63) is 0 Å². The third-order valence-corrected chi connectivity index (χ3v) is 4.05. The van der Waals surface area contributed by atoms with Crippen molar-refractivity contribution in [1.29, 1.82) is 0 Å². The summed E-state index contributed by atoms with van der Waals surface area (Å²) in [5.41, 5.74) is 0. The summed E-state index contributed by atoms with van der Waals surface area (Å²) in [6.07, 6.45) is 9.10. The molecule has 0 aromatic carbocycles. The van der Waals surface area contributed by atoms with Gasteiger partial charge in [0.2, 0.25) is 0 Å². The first kappa shape index (κ1) is 16.1.